The van der Waals surface area contributed by atoms with E-state index in [-0.39, 0.29) is 0 Å². The Balaban J connectivity index is 2.31. The molecular formula is C16H15N5O. The van der Waals surface area contributed by atoms with Gasteiger partial charge in [0.1, 0.15) is 5.75 Å². The van der Waals surface area contributed by atoms with Gasteiger partial charge in [-0.3, -0.25) is 4.57 Å². The molecule has 0 atom stereocenters. The maximum absolute atomic E-state index is 8.79. The standard InChI is InChI=1S/C16H15N5O/c1-10-8-14-15(9-11(10)2)21(16(18-14)19-20-17)12-4-6-13(22-3)7-5-12/h4-9H,1-3H3. The van der Waals surface area contributed by atoms with E-state index in [1.54, 1.807) is 7.11 Å². The third-order valence-electron chi connectivity index (χ3n) is 3.72. The zero-order valence-corrected chi connectivity index (χ0v) is 12.6. The van der Waals surface area contributed by atoms with E-state index in [2.05, 4.69) is 21.1 Å². The number of methoxy groups -OCH3 is 1. The van der Waals surface area contributed by atoms with Crippen LogP contribution in [-0.2, 0) is 0 Å². The molecule has 0 aliphatic rings. The van der Waals surface area contributed by atoms with E-state index in [4.69, 9.17) is 10.3 Å². The number of hydrogen-bond donors (Lipinski definition) is 0. The first-order valence-electron chi connectivity index (χ1n) is 6.83. The van der Waals surface area contributed by atoms with Gasteiger partial charge in [-0.1, -0.05) is 0 Å². The number of nitrogens with zero attached hydrogens (tertiary/aromatic N) is 5. The quantitative estimate of drug-likeness (QED) is 0.402. The van der Waals surface area contributed by atoms with Crippen molar-refractivity contribution in [3.63, 3.8) is 0 Å². The Morgan fingerprint density at radius 3 is 2.45 bits per heavy atom. The number of ether oxygens (including phenoxy) is 1. The van der Waals surface area contributed by atoms with Gasteiger partial charge >= 0.3 is 0 Å². The van der Waals surface area contributed by atoms with Crippen LogP contribution < -0.4 is 4.74 Å². The number of azide groups is 1. The average Bonchev–Trinajstić information content (AvgIpc) is 2.85. The molecule has 22 heavy (non-hydrogen) atoms. The maximum Gasteiger partial charge on any atom is 0.202 e. The fourth-order valence-electron chi connectivity index (χ4n) is 2.41. The topological polar surface area (TPSA) is 75.8 Å². The minimum absolute atomic E-state index is 0.327. The molecule has 0 N–H and O–H groups in total. The van der Waals surface area contributed by atoms with Crippen molar-refractivity contribution in [1.82, 2.24) is 9.55 Å². The van der Waals surface area contributed by atoms with E-state index in [0.717, 1.165) is 33.6 Å². The van der Waals surface area contributed by atoms with Crippen LogP contribution in [0.1, 0.15) is 11.1 Å². The van der Waals surface area contributed by atoms with Crippen molar-refractivity contribution < 1.29 is 4.74 Å². The second-order valence-electron chi connectivity index (χ2n) is 5.06. The molecule has 2 aromatic carbocycles. The van der Waals surface area contributed by atoms with Crippen LogP contribution in [0.2, 0.25) is 0 Å². The van der Waals surface area contributed by atoms with Gasteiger partial charge in [0.05, 0.1) is 18.1 Å². The monoisotopic (exact) mass is 293 g/mol. The van der Waals surface area contributed by atoms with Crippen molar-refractivity contribution in [1.29, 1.82) is 0 Å². The van der Waals surface area contributed by atoms with Gasteiger partial charge in [0, 0.05) is 10.6 Å². The van der Waals surface area contributed by atoms with E-state index in [9.17, 15) is 0 Å². The van der Waals surface area contributed by atoms with Gasteiger partial charge in [0.25, 0.3) is 0 Å². The summed E-state index contributed by atoms with van der Waals surface area (Å²) in [5.41, 5.74) is 13.7. The molecule has 1 aromatic heterocycles. The van der Waals surface area contributed by atoms with Crippen molar-refractivity contribution >= 4 is 17.0 Å². The number of rotatable bonds is 3. The summed E-state index contributed by atoms with van der Waals surface area (Å²) in [5, 5.41) is 3.72. The lowest BCUT2D eigenvalue weighted by atomic mass is 10.1. The molecule has 0 spiro atoms. The number of aromatic nitrogens is 2. The van der Waals surface area contributed by atoms with Gasteiger partial charge in [-0.05, 0) is 72.0 Å². The van der Waals surface area contributed by atoms with Crippen molar-refractivity contribution in [2.24, 2.45) is 5.11 Å². The lowest BCUT2D eigenvalue weighted by Gasteiger charge is -2.08. The van der Waals surface area contributed by atoms with Crippen molar-refractivity contribution in [3.8, 4) is 11.4 Å². The van der Waals surface area contributed by atoms with Gasteiger partial charge in [0.2, 0.25) is 5.95 Å². The summed E-state index contributed by atoms with van der Waals surface area (Å²) in [6.45, 7) is 4.09. The van der Waals surface area contributed by atoms with E-state index in [1.807, 2.05) is 48.7 Å². The van der Waals surface area contributed by atoms with Gasteiger partial charge in [0.15, 0.2) is 0 Å². The molecule has 0 aliphatic heterocycles. The zero-order valence-electron chi connectivity index (χ0n) is 12.6. The van der Waals surface area contributed by atoms with E-state index in [1.165, 1.54) is 0 Å². The largest absolute Gasteiger partial charge is 0.497 e. The Hall–Kier alpha value is -2.98. The fourth-order valence-corrected chi connectivity index (χ4v) is 2.41. The van der Waals surface area contributed by atoms with Crippen LogP contribution in [-0.4, -0.2) is 16.7 Å². The number of aryl methyl sites for hydroxylation is 2. The van der Waals surface area contributed by atoms with Crippen LogP contribution in [0.4, 0.5) is 5.95 Å². The number of benzene rings is 2. The minimum Gasteiger partial charge on any atom is -0.497 e. The summed E-state index contributed by atoms with van der Waals surface area (Å²) >= 11 is 0. The van der Waals surface area contributed by atoms with Gasteiger partial charge < -0.3 is 4.74 Å². The zero-order chi connectivity index (χ0) is 15.7. The summed E-state index contributed by atoms with van der Waals surface area (Å²) in [6.07, 6.45) is 0. The molecule has 0 amide bonds. The van der Waals surface area contributed by atoms with Crippen molar-refractivity contribution in [2.75, 3.05) is 7.11 Å². The highest BCUT2D eigenvalue weighted by molar-refractivity contribution is 5.82. The number of imidazole rings is 1. The van der Waals surface area contributed by atoms with Crippen LogP contribution in [0.5, 0.6) is 5.75 Å². The third kappa shape index (κ3) is 2.25. The smallest absolute Gasteiger partial charge is 0.202 e. The molecule has 0 saturated carbocycles. The molecule has 0 radical (unpaired) electrons. The van der Waals surface area contributed by atoms with E-state index >= 15 is 0 Å². The molecular weight excluding hydrogens is 278 g/mol. The lowest BCUT2D eigenvalue weighted by Crippen LogP contribution is -1.94. The summed E-state index contributed by atoms with van der Waals surface area (Å²) in [5.74, 6) is 1.10. The lowest BCUT2D eigenvalue weighted by molar-refractivity contribution is 0.415. The second-order valence-corrected chi connectivity index (χ2v) is 5.06. The van der Waals surface area contributed by atoms with Gasteiger partial charge in [-0.2, -0.15) is 0 Å². The average molecular weight is 293 g/mol. The highest BCUT2D eigenvalue weighted by atomic mass is 16.5. The highest BCUT2D eigenvalue weighted by Crippen LogP contribution is 2.29. The van der Waals surface area contributed by atoms with Crippen molar-refractivity contribution in [2.45, 2.75) is 13.8 Å². The minimum atomic E-state index is 0.327. The first-order chi connectivity index (χ1) is 10.6. The fraction of sp³-hybridized carbons (Fsp3) is 0.188. The first-order valence-corrected chi connectivity index (χ1v) is 6.83. The Bertz CT molecular complexity index is 889. The third-order valence-corrected chi connectivity index (χ3v) is 3.72. The first kappa shape index (κ1) is 14.0. The van der Waals surface area contributed by atoms with Crippen LogP contribution in [0, 0.1) is 13.8 Å². The van der Waals surface area contributed by atoms with Crippen LogP contribution in [0.3, 0.4) is 0 Å². The molecule has 0 bridgehead atoms. The number of fused-ring (bicyclic) bond motifs is 1. The van der Waals surface area contributed by atoms with Gasteiger partial charge in [-0.15, -0.1) is 0 Å². The molecule has 1 heterocycles. The Labute approximate surface area is 127 Å². The molecule has 3 rings (SSSR count). The predicted octanol–water partition coefficient (Wildman–Crippen LogP) is 4.59. The summed E-state index contributed by atoms with van der Waals surface area (Å²) in [4.78, 5) is 7.32. The predicted molar refractivity (Wildman–Crippen MR) is 85.9 cm³/mol. The SMILES string of the molecule is COc1ccc(-n2c(N=[N+]=[N-])nc3cc(C)c(C)cc32)cc1. The Morgan fingerprint density at radius 2 is 1.82 bits per heavy atom. The summed E-state index contributed by atoms with van der Waals surface area (Å²) in [7, 11) is 1.62. The highest BCUT2D eigenvalue weighted by Gasteiger charge is 2.12. The van der Waals surface area contributed by atoms with E-state index < -0.39 is 0 Å². The summed E-state index contributed by atoms with van der Waals surface area (Å²) in [6, 6.07) is 11.6. The molecule has 0 saturated heterocycles. The van der Waals surface area contributed by atoms with Crippen LogP contribution >= 0.6 is 0 Å². The normalized spacial score (nSPS) is 10.5. The summed E-state index contributed by atoms with van der Waals surface area (Å²) < 4.78 is 7.03. The molecule has 0 aliphatic carbocycles. The molecule has 110 valence electrons. The Morgan fingerprint density at radius 1 is 1.14 bits per heavy atom. The van der Waals surface area contributed by atoms with Gasteiger partial charge in [-0.25, -0.2) is 4.98 Å². The Kier molecular flexibility index (Phi) is 3.45. The molecule has 3 aromatic rings. The molecule has 6 nitrogen and oxygen atoms in total. The van der Waals surface area contributed by atoms with E-state index in [0.29, 0.717) is 5.95 Å². The molecule has 0 fully saturated rings. The van der Waals surface area contributed by atoms with Crippen molar-refractivity contribution in [3.05, 3.63) is 58.0 Å². The van der Waals surface area contributed by atoms with Crippen LogP contribution in [0.15, 0.2) is 41.5 Å². The second kappa shape index (κ2) is 5.42. The molecule has 0 unspecified atom stereocenters. The number of hydrogen-bond acceptors (Lipinski definition) is 3. The molecule has 6 heteroatoms. The maximum atomic E-state index is 8.79. The van der Waals surface area contributed by atoms with Crippen LogP contribution in [0.25, 0.3) is 27.2 Å².